The van der Waals surface area contributed by atoms with Crippen LogP contribution >= 0.6 is 11.6 Å². The van der Waals surface area contributed by atoms with Crippen molar-refractivity contribution in [3.63, 3.8) is 0 Å². The fourth-order valence-electron chi connectivity index (χ4n) is 2.99. The summed E-state index contributed by atoms with van der Waals surface area (Å²) in [5.74, 6) is 0.382. The summed E-state index contributed by atoms with van der Waals surface area (Å²) >= 11 is 5.79. The van der Waals surface area contributed by atoms with Crippen LogP contribution < -0.4 is 11.1 Å². The largest absolute Gasteiger partial charge is 0.399 e. The summed E-state index contributed by atoms with van der Waals surface area (Å²) in [6, 6.07) is 10.7. The highest BCUT2D eigenvalue weighted by Gasteiger charge is 2.27. The summed E-state index contributed by atoms with van der Waals surface area (Å²) in [7, 11) is 0. The van der Waals surface area contributed by atoms with Gasteiger partial charge in [0.05, 0.1) is 11.4 Å². The van der Waals surface area contributed by atoms with Crippen molar-refractivity contribution in [2.45, 2.75) is 19.3 Å². The van der Waals surface area contributed by atoms with Crippen LogP contribution in [-0.2, 0) is 16.0 Å². The van der Waals surface area contributed by atoms with E-state index in [2.05, 4.69) is 10.3 Å². The lowest BCUT2D eigenvalue weighted by atomic mass is 9.95. The topological polar surface area (TPSA) is 88.3 Å². The van der Waals surface area contributed by atoms with E-state index in [0.717, 1.165) is 5.56 Å². The maximum atomic E-state index is 12.4. The number of nitrogens with two attached hydrogens (primary N) is 1. The van der Waals surface area contributed by atoms with Gasteiger partial charge in [-0.05, 0) is 42.7 Å². The van der Waals surface area contributed by atoms with Gasteiger partial charge in [-0.2, -0.15) is 0 Å². The molecule has 0 saturated carbocycles. The maximum absolute atomic E-state index is 12.4. The Morgan fingerprint density at radius 2 is 1.85 bits per heavy atom. The molecule has 0 aliphatic carbocycles. The van der Waals surface area contributed by atoms with Crippen LogP contribution in [0.1, 0.15) is 18.4 Å². The van der Waals surface area contributed by atoms with Crippen LogP contribution in [0.5, 0.6) is 0 Å². The van der Waals surface area contributed by atoms with Crippen molar-refractivity contribution in [1.82, 2.24) is 9.88 Å². The first kappa shape index (κ1) is 18.2. The van der Waals surface area contributed by atoms with Gasteiger partial charge in [-0.3, -0.25) is 9.59 Å². The van der Waals surface area contributed by atoms with E-state index in [1.807, 2.05) is 17.0 Å². The van der Waals surface area contributed by atoms with E-state index >= 15 is 0 Å². The molecule has 0 atom stereocenters. The van der Waals surface area contributed by atoms with E-state index in [9.17, 15) is 9.59 Å². The van der Waals surface area contributed by atoms with E-state index in [1.54, 1.807) is 24.3 Å². The Hall–Kier alpha value is -2.60. The molecule has 1 saturated heterocycles. The molecule has 1 aromatic heterocycles. The molecule has 3 N–H and O–H groups in total. The molecule has 0 spiro atoms. The Bertz CT molecular complexity index is 702. The number of pyridine rings is 1. The van der Waals surface area contributed by atoms with Crippen molar-refractivity contribution in [3.8, 4) is 0 Å². The first-order valence-corrected chi connectivity index (χ1v) is 8.93. The SMILES string of the molecule is Nc1ccc(CC(=O)N2CCC(C(=O)Nc3ccc(Cl)cn3)CC2)cc1. The molecule has 2 amide bonds. The average Bonchev–Trinajstić information content (AvgIpc) is 2.65. The quantitative estimate of drug-likeness (QED) is 0.807. The van der Waals surface area contributed by atoms with Gasteiger partial charge in [0.15, 0.2) is 0 Å². The first-order valence-electron chi connectivity index (χ1n) is 8.56. The lowest BCUT2D eigenvalue weighted by Crippen LogP contribution is -2.42. The molecule has 7 heteroatoms. The number of carbonyl (C=O) groups excluding carboxylic acids is 2. The molecule has 1 aliphatic rings. The summed E-state index contributed by atoms with van der Waals surface area (Å²) in [5, 5.41) is 3.33. The number of benzene rings is 1. The van der Waals surface area contributed by atoms with Gasteiger partial charge >= 0.3 is 0 Å². The van der Waals surface area contributed by atoms with Gasteiger partial charge in [0.25, 0.3) is 0 Å². The Morgan fingerprint density at radius 3 is 2.46 bits per heavy atom. The van der Waals surface area contributed by atoms with Crippen molar-refractivity contribution < 1.29 is 9.59 Å². The molecule has 6 nitrogen and oxygen atoms in total. The number of rotatable bonds is 4. The number of anilines is 2. The Labute approximate surface area is 157 Å². The lowest BCUT2D eigenvalue weighted by Gasteiger charge is -2.31. The zero-order valence-electron chi connectivity index (χ0n) is 14.3. The molecule has 0 unspecified atom stereocenters. The van der Waals surface area contributed by atoms with E-state index in [4.69, 9.17) is 17.3 Å². The number of hydrogen-bond donors (Lipinski definition) is 2. The molecule has 2 aromatic rings. The van der Waals surface area contributed by atoms with Crippen molar-refractivity contribution in [2.75, 3.05) is 24.1 Å². The monoisotopic (exact) mass is 372 g/mol. The van der Waals surface area contributed by atoms with E-state index in [-0.39, 0.29) is 17.7 Å². The predicted molar refractivity (Wildman–Crippen MR) is 102 cm³/mol. The molecule has 1 aromatic carbocycles. The molecule has 0 bridgehead atoms. The summed E-state index contributed by atoms with van der Waals surface area (Å²) in [6.45, 7) is 1.17. The van der Waals surface area contributed by atoms with Crippen LogP contribution in [0, 0.1) is 5.92 Å². The number of likely N-dealkylation sites (tertiary alicyclic amines) is 1. The smallest absolute Gasteiger partial charge is 0.228 e. The van der Waals surface area contributed by atoms with Gasteiger partial charge in [0, 0.05) is 30.9 Å². The van der Waals surface area contributed by atoms with Crippen molar-refractivity contribution in [3.05, 3.63) is 53.2 Å². The summed E-state index contributed by atoms with van der Waals surface area (Å²) < 4.78 is 0. The Kier molecular flexibility index (Phi) is 5.73. The second-order valence-corrected chi connectivity index (χ2v) is 6.86. The molecule has 1 aliphatic heterocycles. The number of nitrogens with one attached hydrogen (secondary N) is 1. The summed E-state index contributed by atoms with van der Waals surface area (Å²) in [6.07, 6.45) is 3.14. The predicted octanol–water partition coefficient (Wildman–Crippen LogP) is 2.74. The lowest BCUT2D eigenvalue weighted by molar-refractivity contribution is -0.133. The highest BCUT2D eigenvalue weighted by molar-refractivity contribution is 6.30. The molecular weight excluding hydrogens is 352 g/mol. The molecule has 26 heavy (non-hydrogen) atoms. The number of piperidine rings is 1. The van der Waals surface area contributed by atoms with Crippen molar-refractivity contribution in [1.29, 1.82) is 0 Å². The molecule has 0 radical (unpaired) electrons. The van der Waals surface area contributed by atoms with Gasteiger partial charge in [-0.25, -0.2) is 4.98 Å². The zero-order chi connectivity index (χ0) is 18.5. The first-order chi connectivity index (χ1) is 12.5. The highest BCUT2D eigenvalue weighted by Crippen LogP contribution is 2.20. The minimum Gasteiger partial charge on any atom is -0.399 e. The van der Waals surface area contributed by atoms with Gasteiger partial charge in [-0.15, -0.1) is 0 Å². The van der Waals surface area contributed by atoms with Gasteiger partial charge in [0.1, 0.15) is 5.82 Å². The number of nitrogen functional groups attached to an aromatic ring is 1. The van der Waals surface area contributed by atoms with E-state index < -0.39 is 0 Å². The van der Waals surface area contributed by atoms with Crippen LogP contribution in [0.4, 0.5) is 11.5 Å². The summed E-state index contributed by atoms with van der Waals surface area (Å²) in [4.78, 5) is 30.7. The number of nitrogens with zero attached hydrogens (tertiary/aromatic N) is 2. The van der Waals surface area contributed by atoms with Gasteiger partial charge in [0.2, 0.25) is 11.8 Å². The zero-order valence-corrected chi connectivity index (χ0v) is 15.1. The van der Waals surface area contributed by atoms with Crippen molar-refractivity contribution in [2.24, 2.45) is 5.92 Å². The minimum atomic E-state index is -0.118. The van der Waals surface area contributed by atoms with Crippen LogP contribution in [-0.4, -0.2) is 34.8 Å². The van der Waals surface area contributed by atoms with Gasteiger partial charge in [-0.1, -0.05) is 23.7 Å². The fraction of sp³-hybridized carbons (Fsp3) is 0.316. The number of amides is 2. The Balaban J connectivity index is 1.48. The molecule has 136 valence electrons. The summed E-state index contributed by atoms with van der Waals surface area (Å²) in [5.41, 5.74) is 7.29. The number of hydrogen-bond acceptors (Lipinski definition) is 4. The van der Waals surface area contributed by atoms with Crippen LogP contribution in [0.15, 0.2) is 42.6 Å². The second kappa shape index (κ2) is 8.19. The number of aromatic nitrogens is 1. The molecule has 1 fully saturated rings. The third-order valence-electron chi connectivity index (χ3n) is 4.53. The number of carbonyl (C=O) groups is 2. The third kappa shape index (κ3) is 4.73. The average molecular weight is 373 g/mol. The Morgan fingerprint density at radius 1 is 1.15 bits per heavy atom. The van der Waals surface area contributed by atoms with E-state index in [1.165, 1.54) is 6.20 Å². The number of halogens is 1. The van der Waals surface area contributed by atoms with Crippen LogP contribution in [0.2, 0.25) is 5.02 Å². The van der Waals surface area contributed by atoms with E-state index in [0.29, 0.717) is 48.9 Å². The molecule has 3 rings (SSSR count). The third-order valence-corrected chi connectivity index (χ3v) is 4.76. The van der Waals surface area contributed by atoms with Gasteiger partial charge < -0.3 is 16.0 Å². The standard InChI is InChI=1S/C19H21ClN4O2/c20-15-3-6-17(22-12-15)23-19(26)14-7-9-24(10-8-14)18(25)11-13-1-4-16(21)5-2-13/h1-6,12,14H,7-11,21H2,(H,22,23,26). The highest BCUT2D eigenvalue weighted by atomic mass is 35.5. The van der Waals surface area contributed by atoms with Crippen LogP contribution in [0.3, 0.4) is 0 Å². The maximum Gasteiger partial charge on any atom is 0.228 e. The van der Waals surface area contributed by atoms with Crippen LogP contribution in [0.25, 0.3) is 0 Å². The fourth-order valence-corrected chi connectivity index (χ4v) is 3.10. The normalized spacial score (nSPS) is 14.9. The minimum absolute atomic E-state index is 0.0644. The second-order valence-electron chi connectivity index (χ2n) is 6.42. The molecule has 2 heterocycles. The van der Waals surface area contributed by atoms with Crippen molar-refractivity contribution >= 4 is 34.9 Å². The molecular formula is C19H21ClN4O2.